The summed E-state index contributed by atoms with van der Waals surface area (Å²) < 4.78 is 5.39. The second kappa shape index (κ2) is 27.0. The predicted octanol–water partition coefficient (Wildman–Crippen LogP) is 8.10. The molecule has 1 saturated heterocycles. The van der Waals surface area contributed by atoms with E-state index in [0.29, 0.717) is 50.4 Å². The Balaban J connectivity index is 0.000000224. The average Bonchev–Trinajstić information content (AvgIpc) is 3.83. The van der Waals surface area contributed by atoms with Crippen molar-refractivity contribution in [2.75, 3.05) is 13.1 Å². The fourth-order valence-electron chi connectivity index (χ4n) is 6.82. The van der Waals surface area contributed by atoms with Crippen LogP contribution in [-0.2, 0) is 51.8 Å². The number of nitrogens with zero attached hydrogens (tertiary/aromatic N) is 4. The number of nitrogens with two attached hydrogens (primary N) is 1. The minimum Gasteiger partial charge on any atom is -0.445 e. The van der Waals surface area contributed by atoms with Crippen molar-refractivity contribution in [2.24, 2.45) is 11.7 Å². The van der Waals surface area contributed by atoms with Crippen molar-refractivity contribution in [3.63, 3.8) is 0 Å². The second-order valence-corrected chi connectivity index (χ2v) is 17.2. The van der Waals surface area contributed by atoms with Gasteiger partial charge >= 0.3 is 6.09 Å². The molecule has 5 N–H and O–H groups in total. The molecular formula is C52H68N8O5. The summed E-state index contributed by atoms with van der Waals surface area (Å²) in [4.78, 5) is 62.4. The van der Waals surface area contributed by atoms with Crippen molar-refractivity contribution in [3.8, 4) is 0 Å². The SMILES string of the molecule is CC(C)c1cncc(CNC(=O)CN)c1.CC(C)c1cncc(CNC(=O)[C@@H](C)Cc2ccccc2)c1.CC(C)c1cncc(CNC(=O)[C@@H]2CCCN2C(=O)OCc2ccccc2)c1. The van der Waals surface area contributed by atoms with Crippen LogP contribution in [0.5, 0.6) is 0 Å². The van der Waals surface area contributed by atoms with Gasteiger partial charge < -0.3 is 26.4 Å². The summed E-state index contributed by atoms with van der Waals surface area (Å²) in [5.41, 5.74) is 13.8. The van der Waals surface area contributed by atoms with Gasteiger partial charge in [0.1, 0.15) is 12.6 Å². The Kier molecular flexibility index (Phi) is 21.2. The highest BCUT2D eigenvalue weighted by molar-refractivity contribution is 5.86. The van der Waals surface area contributed by atoms with Crippen LogP contribution in [0.1, 0.15) is 124 Å². The fraction of sp³-hybridized carbons (Fsp3) is 0.404. The van der Waals surface area contributed by atoms with Gasteiger partial charge in [-0.25, -0.2) is 4.79 Å². The first-order valence-corrected chi connectivity index (χ1v) is 22.6. The molecule has 3 aromatic heterocycles. The van der Waals surface area contributed by atoms with Crippen LogP contribution in [0, 0.1) is 5.92 Å². The Labute approximate surface area is 385 Å². The molecule has 1 fully saturated rings. The van der Waals surface area contributed by atoms with Crippen molar-refractivity contribution >= 4 is 23.8 Å². The standard InChI is InChI=1S/C22H27N3O3.C19H24N2O.C11H17N3O/c1-16(2)19-11-18(12-23-14-19)13-24-21(26)20-9-6-10-25(20)22(27)28-15-17-7-4-3-5-8-17;1-14(2)18-10-17(11-20-13-18)12-21-19(22)15(3)9-16-7-5-4-6-8-16;1-8(2)10-3-9(5-13-7-10)6-14-11(15)4-12/h3-5,7-8,11-12,14,16,20H,6,9-10,13,15H2,1-2H3,(H,24,26);4-8,10-11,13-15H,9,12H2,1-3H3,(H,21,22);3,5,7-8H,4,6,12H2,1-2H3,(H,14,15)/t20-;15-;/m00./s1. The number of aromatic nitrogens is 3. The lowest BCUT2D eigenvalue weighted by Crippen LogP contribution is -2.45. The summed E-state index contributed by atoms with van der Waals surface area (Å²) in [6.07, 6.45) is 12.7. The molecule has 0 saturated carbocycles. The first-order chi connectivity index (χ1) is 31.2. The highest BCUT2D eigenvalue weighted by Gasteiger charge is 2.35. The van der Waals surface area contributed by atoms with E-state index in [0.717, 1.165) is 40.7 Å². The fourth-order valence-corrected chi connectivity index (χ4v) is 6.82. The molecule has 2 atom stereocenters. The number of amides is 4. The van der Waals surface area contributed by atoms with Gasteiger partial charge in [0.2, 0.25) is 17.7 Å². The van der Waals surface area contributed by atoms with Gasteiger partial charge in [-0.2, -0.15) is 0 Å². The number of likely N-dealkylation sites (tertiary alicyclic amines) is 1. The number of carbonyl (C=O) groups is 4. The van der Waals surface area contributed by atoms with Crippen molar-refractivity contribution in [1.29, 1.82) is 0 Å². The van der Waals surface area contributed by atoms with Crippen molar-refractivity contribution < 1.29 is 23.9 Å². The van der Waals surface area contributed by atoms with Gasteiger partial charge in [-0.15, -0.1) is 0 Å². The van der Waals surface area contributed by atoms with Crippen LogP contribution >= 0.6 is 0 Å². The molecule has 6 rings (SSSR count). The maximum absolute atomic E-state index is 12.6. The number of hydrogen-bond acceptors (Lipinski definition) is 9. The number of benzene rings is 2. The molecule has 65 heavy (non-hydrogen) atoms. The Morgan fingerprint density at radius 2 is 1.09 bits per heavy atom. The molecule has 1 aliphatic rings. The van der Waals surface area contributed by atoms with Gasteiger partial charge in [-0.05, 0) is 81.5 Å². The summed E-state index contributed by atoms with van der Waals surface area (Å²) in [5.74, 6) is 1.02. The molecule has 4 amide bonds. The Morgan fingerprint density at radius 1 is 0.631 bits per heavy atom. The smallest absolute Gasteiger partial charge is 0.410 e. The lowest BCUT2D eigenvalue weighted by atomic mass is 10.0. The number of rotatable bonds is 16. The van der Waals surface area contributed by atoms with E-state index in [-0.39, 0.29) is 36.8 Å². The molecule has 2 aromatic carbocycles. The van der Waals surface area contributed by atoms with Crippen LogP contribution in [0.4, 0.5) is 4.79 Å². The maximum Gasteiger partial charge on any atom is 0.410 e. The Bertz CT molecular complexity index is 2240. The van der Waals surface area contributed by atoms with E-state index < -0.39 is 12.1 Å². The predicted molar refractivity (Wildman–Crippen MR) is 255 cm³/mol. The molecule has 0 bridgehead atoms. The van der Waals surface area contributed by atoms with Crippen molar-refractivity contribution in [1.82, 2.24) is 35.8 Å². The largest absolute Gasteiger partial charge is 0.445 e. The molecular weight excluding hydrogens is 817 g/mol. The molecule has 0 unspecified atom stereocenters. The molecule has 0 aliphatic carbocycles. The number of nitrogens with one attached hydrogen (secondary N) is 3. The quantitative estimate of drug-likeness (QED) is 0.0761. The Hall–Kier alpha value is -6.47. The van der Waals surface area contributed by atoms with Gasteiger partial charge in [-0.3, -0.25) is 34.2 Å². The van der Waals surface area contributed by atoms with E-state index in [1.807, 2.05) is 80.2 Å². The van der Waals surface area contributed by atoms with Gasteiger partial charge in [0.05, 0.1) is 6.54 Å². The van der Waals surface area contributed by atoms with E-state index in [9.17, 15) is 19.2 Å². The summed E-state index contributed by atoms with van der Waals surface area (Å²) in [7, 11) is 0. The molecule has 5 aromatic rings. The molecule has 0 radical (unpaired) electrons. The summed E-state index contributed by atoms with van der Waals surface area (Å²) in [6, 6.07) is 25.4. The van der Waals surface area contributed by atoms with E-state index in [2.05, 4.69) is 103 Å². The first-order valence-electron chi connectivity index (χ1n) is 22.6. The van der Waals surface area contributed by atoms with Crippen LogP contribution in [0.2, 0.25) is 0 Å². The Morgan fingerprint density at radius 3 is 1.57 bits per heavy atom. The van der Waals surface area contributed by atoms with Crippen LogP contribution in [0.3, 0.4) is 0 Å². The second-order valence-electron chi connectivity index (χ2n) is 17.2. The molecule has 0 spiro atoms. The van der Waals surface area contributed by atoms with E-state index in [1.165, 1.54) is 21.6 Å². The van der Waals surface area contributed by atoms with Crippen LogP contribution in [0.25, 0.3) is 0 Å². The number of carbonyl (C=O) groups excluding carboxylic acids is 4. The zero-order valence-electron chi connectivity index (χ0n) is 39.1. The molecule has 4 heterocycles. The molecule has 346 valence electrons. The summed E-state index contributed by atoms with van der Waals surface area (Å²) in [5, 5.41) is 8.65. The average molecular weight is 885 g/mol. The molecule has 13 heteroatoms. The van der Waals surface area contributed by atoms with Crippen molar-refractivity contribution in [3.05, 3.63) is 161 Å². The zero-order valence-corrected chi connectivity index (χ0v) is 39.1. The van der Waals surface area contributed by atoms with Gasteiger partial charge in [0.25, 0.3) is 0 Å². The molecule has 1 aliphatic heterocycles. The molecule has 13 nitrogen and oxygen atoms in total. The third-order valence-corrected chi connectivity index (χ3v) is 10.9. The van der Waals surface area contributed by atoms with Gasteiger partial charge in [0.15, 0.2) is 0 Å². The van der Waals surface area contributed by atoms with Gasteiger partial charge in [-0.1, -0.05) is 127 Å². The minimum absolute atomic E-state index is 0.0251. The highest BCUT2D eigenvalue weighted by atomic mass is 16.6. The van der Waals surface area contributed by atoms with Crippen molar-refractivity contribution in [2.45, 2.75) is 118 Å². The van der Waals surface area contributed by atoms with E-state index >= 15 is 0 Å². The van der Waals surface area contributed by atoms with E-state index in [4.69, 9.17) is 10.5 Å². The van der Waals surface area contributed by atoms with Crippen LogP contribution < -0.4 is 21.7 Å². The number of hydrogen-bond donors (Lipinski definition) is 4. The summed E-state index contributed by atoms with van der Waals surface area (Å²) >= 11 is 0. The lowest BCUT2D eigenvalue weighted by Gasteiger charge is -2.23. The minimum atomic E-state index is -0.482. The van der Waals surface area contributed by atoms with E-state index in [1.54, 1.807) is 12.4 Å². The van der Waals surface area contributed by atoms with Gasteiger partial charge in [0, 0.05) is 69.3 Å². The normalized spacial score (nSPS) is 13.5. The zero-order chi connectivity index (χ0) is 47.1. The number of ether oxygens (including phenoxy) is 1. The first kappa shape index (κ1) is 51.2. The third kappa shape index (κ3) is 17.9. The summed E-state index contributed by atoms with van der Waals surface area (Å²) in [6.45, 7) is 16.9. The maximum atomic E-state index is 12.6. The number of pyridine rings is 3. The lowest BCUT2D eigenvalue weighted by molar-refractivity contribution is -0.125. The topological polar surface area (TPSA) is 182 Å². The highest BCUT2D eigenvalue weighted by Crippen LogP contribution is 2.20. The third-order valence-electron chi connectivity index (χ3n) is 10.9. The van der Waals surface area contributed by atoms with Crippen LogP contribution in [0.15, 0.2) is 116 Å². The monoisotopic (exact) mass is 885 g/mol. The van der Waals surface area contributed by atoms with Crippen LogP contribution in [-0.4, -0.2) is 62.8 Å².